The van der Waals surface area contributed by atoms with E-state index in [1.807, 2.05) is 19.3 Å². The van der Waals surface area contributed by atoms with Crippen molar-refractivity contribution in [2.45, 2.75) is 13.8 Å². The van der Waals surface area contributed by atoms with Gasteiger partial charge in [-0.2, -0.15) is 0 Å². The summed E-state index contributed by atoms with van der Waals surface area (Å²) in [6.45, 7) is 3.78. The molecule has 0 spiro atoms. The van der Waals surface area contributed by atoms with Gasteiger partial charge in [-0.15, -0.1) is 11.3 Å². The molecule has 0 fully saturated rings. The molecular formula is C6H9N3OS. The number of amides is 1. The number of carbonyl (C=O) groups excluding carboxylic acids is 1. The minimum absolute atomic E-state index is 0.328. The predicted octanol–water partition coefficient (Wildman–Crippen LogP) is 0.363. The molecule has 4 nitrogen and oxygen atoms in total. The van der Waals surface area contributed by atoms with Crippen LogP contribution in [0.1, 0.15) is 20.4 Å². The number of aromatic nitrogens is 1. The zero-order valence-electron chi connectivity index (χ0n) is 6.34. The van der Waals surface area contributed by atoms with Crippen LogP contribution < -0.4 is 11.3 Å². The minimum atomic E-state index is -0.328. The number of nitrogen functional groups attached to an aromatic ring is 1. The van der Waals surface area contributed by atoms with Gasteiger partial charge in [0, 0.05) is 4.88 Å². The van der Waals surface area contributed by atoms with Gasteiger partial charge in [-0.1, -0.05) is 0 Å². The van der Waals surface area contributed by atoms with Gasteiger partial charge in [0.05, 0.1) is 5.69 Å². The third-order valence-corrected chi connectivity index (χ3v) is 2.43. The molecule has 0 atom stereocenters. The maximum atomic E-state index is 10.9. The van der Waals surface area contributed by atoms with Crippen LogP contribution in [0.5, 0.6) is 0 Å². The zero-order chi connectivity index (χ0) is 8.43. The Labute approximate surface area is 68.4 Å². The van der Waals surface area contributed by atoms with Crippen molar-refractivity contribution in [1.29, 1.82) is 0 Å². The molecule has 1 heterocycles. The van der Waals surface area contributed by atoms with Gasteiger partial charge in [-0.3, -0.25) is 10.2 Å². The number of hydrazine groups is 1. The molecular weight excluding hydrogens is 162 g/mol. The van der Waals surface area contributed by atoms with E-state index in [2.05, 4.69) is 4.98 Å². The normalized spacial score (nSPS) is 9.73. The van der Waals surface area contributed by atoms with Gasteiger partial charge in [0.1, 0.15) is 0 Å². The van der Waals surface area contributed by atoms with Crippen molar-refractivity contribution < 1.29 is 4.79 Å². The van der Waals surface area contributed by atoms with E-state index >= 15 is 0 Å². The first kappa shape index (κ1) is 8.16. The van der Waals surface area contributed by atoms with Crippen molar-refractivity contribution in [2.75, 3.05) is 0 Å². The number of hydrogen-bond donors (Lipinski definition) is 2. The Hall–Kier alpha value is -0.940. The number of nitrogens with zero attached hydrogens (tertiary/aromatic N) is 1. The first-order valence-electron chi connectivity index (χ1n) is 3.10. The van der Waals surface area contributed by atoms with Crippen molar-refractivity contribution in [3.63, 3.8) is 0 Å². The van der Waals surface area contributed by atoms with Gasteiger partial charge in [0.25, 0.3) is 5.91 Å². The number of carbonyl (C=O) groups is 1. The second-order valence-corrected chi connectivity index (χ2v) is 3.34. The van der Waals surface area contributed by atoms with Crippen LogP contribution in [0.2, 0.25) is 0 Å². The molecule has 0 aliphatic rings. The summed E-state index contributed by atoms with van der Waals surface area (Å²) in [6.07, 6.45) is 0. The molecule has 1 rings (SSSR count). The van der Waals surface area contributed by atoms with E-state index in [0.29, 0.717) is 5.01 Å². The average Bonchev–Trinajstić information content (AvgIpc) is 2.31. The van der Waals surface area contributed by atoms with Gasteiger partial charge in [-0.05, 0) is 13.8 Å². The molecule has 0 unspecified atom stereocenters. The maximum absolute atomic E-state index is 10.9. The summed E-state index contributed by atoms with van der Waals surface area (Å²) < 4.78 is 0. The first-order valence-corrected chi connectivity index (χ1v) is 3.91. The number of hydrogen-bond acceptors (Lipinski definition) is 4. The Morgan fingerprint density at radius 3 is 2.64 bits per heavy atom. The van der Waals surface area contributed by atoms with Crippen LogP contribution in [-0.2, 0) is 0 Å². The lowest BCUT2D eigenvalue weighted by Crippen LogP contribution is -2.29. The van der Waals surface area contributed by atoms with Gasteiger partial charge in [-0.25, -0.2) is 10.8 Å². The topological polar surface area (TPSA) is 68.0 Å². The second-order valence-electron chi connectivity index (χ2n) is 2.13. The molecule has 0 saturated heterocycles. The molecule has 5 heteroatoms. The van der Waals surface area contributed by atoms with E-state index in [1.165, 1.54) is 11.3 Å². The van der Waals surface area contributed by atoms with Crippen molar-refractivity contribution >= 4 is 17.2 Å². The summed E-state index contributed by atoms with van der Waals surface area (Å²) in [7, 11) is 0. The van der Waals surface area contributed by atoms with Crippen LogP contribution in [0, 0.1) is 13.8 Å². The average molecular weight is 171 g/mol. The highest BCUT2D eigenvalue weighted by Gasteiger charge is 2.09. The number of thiazole rings is 1. The smallest absolute Gasteiger partial charge is 0.288 e. The van der Waals surface area contributed by atoms with Crippen molar-refractivity contribution in [3.05, 3.63) is 15.6 Å². The molecule has 0 saturated carbocycles. The van der Waals surface area contributed by atoms with E-state index in [4.69, 9.17) is 5.84 Å². The molecule has 0 bridgehead atoms. The van der Waals surface area contributed by atoms with Crippen LogP contribution >= 0.6 is 11.3 Å². The summed E-state index contributed by atoms with van der Waals surface area (Å²) in [4.78, 5) is 15.9. The van der Waals surface area contributed by atoms with Crippen molar-refractivity contribution in [3.8, 4) is 0 Å². The molecule has 0 radical (unpaired) electrons. The molecule has 3 N–H and O–H groups in total. The van der Waals surface area contributed by atoms with E-state index < -0.39 is 0 Å². The third-order valence-electron chi connectivity index (χ3n) is 1.35. The highest BCUT2D eigenvalue weighted by atomic mass is 32.1. The van der Waals surface area contributed by atoms with Crippen LogP contribution in [0.3, 0.4) is 0 Å². The van der Waals surface area contributed by atoms with Crippen LogP contribution in [-0.4, -0.2) is 10.9 Å². The summed E-state index contributed by atoms with van der Waals surface area (Å²) in [5, 5.41) is 0.419. The van der Waals surface area contributed by atoms with E-state index in [1.54, 1.807) is 0 Å². The third kappa shape index (κ3) is 1.55. The van der Waals surface area contributed by atoms with Gasteiger partial charge < -0.3 is 0 Å². The summed E-state index contributed by atoms with van der Waals surface area (Å²) in [5.41, 5.74) is 2.91. The second kappa shape index (κ2) is 2.98. The molecule has 1 amide bonds. The van der Waals surface area contributed by atoms with Crippen molar-refractivity contribution in [1.82, 2.24) is 10.4 Å². The standard InChI is InChI=1S/C6H9N3OS/c1-3-4(2)11-6(8-3)5(10)9-7/h7H2,1-2H3,(H,9,10). The molecule has 0 aliphatic heterocycles. The van der Waals surface area contributed by atoms with Gasteiger partial charge >= 0.3 is 0 Å². The fourth-order valence-electron chi connectivity index (χ4n) is 0.632. The van der Waals surface area contributed by atoms with Crippen molar-refractivity contribution in [2.24, 2.45) is 5.84 Å². The highest BCUT2D eigenvalue weighted by molar-refractivity contribution is 7.13. The number of aryl methyl sites for hydroxylation is 2. The quantitative estimate of drug-likeness (QED) is 0.364. The molecule has 60 valence electrons. The Kier molecular flexibility index (Phi) is 2.21. The number of nitrogens with one attached hydrogen (secondary N) is 1. The highest BCUT2D eigenvalue weighted by Crippen LogP contribution is 2.15. The summed E-state index contributed by atoms with van der Waals surface area (Å²) >= 11 is 1.34. The van der Waals surface area contributed by atoms with Gasteiger partial charge in [0.15, 0.2) is 5.01 Å². The lowest BCUT2D eigenvalue weighted by Gasteiger charge is -1.89. The Balaban J connectivity index is 2.97. The summed E-state index contributed by atoms with van der Waals surface area (Å²) in [6, 6.07) is 0. The van der Waals surface area contributed by atoms with E-state index in [-0.39, 0.29) is 5.91 Å². The fraction of sp³-hybridized carbons (Fsp3) is 0.333. The molecule has 1 aromatic rings. The van der Waals surface area contributed by atoms with Crippen LogP contribution in [0.25, 0.3) is 0 Å². The Morgan fingerprint density at radius 1 is 1.64 bits per heavy atom. The molecule has 11 heavy (non-hydrogen) atoms. The molecule has 0 aliphatic carbocycles. The molecule has 1 aromatic heterocycles. The first-order chi connectivity index (χ1) is 5.15. The van der Waals surface area contributed by atoms with E-state index in [0.717, 1.165) is 10.6 Å². The minimum Gasteiger partial charge on any atom is -0.288 e. The Bertz CT molecular complexity index is 262. The predicted molar refractivity (Wildman–Crippen MR) is 43.2 cm³/mol. The Morgan fingerprint density at radius 2 is 2.27 bits per heavy atom. The van der Waals surface area contributed by atoms with Crippen LogP contribution in [0.15, 0.2) is 0 Å². The van der Waals surface area contributed by atoms with Crippen LogP contribution in [0.4, 0.5) is 0 Å². The fourth-order valence-corrected chi connectivity index (χ4v) is 1.45. The summed E-state index contributed by atoms with van der Waals surface area (Å²) in [5.74, 6) is 4.60. The number of nitrogens with two attached hydrogens (primary N) is 1. The zero-order valence-corrected chi connectivity index (χ0v) is 7.16. The SMILES string of the molecule is Cc1nc(C(=O)NN)sc1C. The maximum Gasteiger partial charge on any atom is 0.294 e. The number of rotatable bonds is 1. The van der Waals surface area contributed by atoms with E-state index in [9.17, 15) is 4.79 Å². The molecule has 0 aromatic carbocycles. The monoisotopic (exact) mass is 171 g/mol. The largest absolute Gasteiger partial charge is 0.294 e. The lowest BCUT2D eigenvalue weighted by atomic mass is 10.4. The lowest BCUT2D eigenvalue weighted by molar-refractivity contribution is 0.0953. The van der Waals surface area contributed by atoms with Gasteiger partial charge in [0.2, 0.25) is 0 Å².